The van der Waals surface area contributed by atoms with Gasteiger partial charge < -0.3 is 4.57 Å². The summed E-state index contributed by atoms with van der Waals surface area (Å²) in [5.74, 6) is 0. The molecule has 2 heteroatoms. The Morgan fingerprint density at radius 3 is 1.90 bits per heavy atom. The minimum absolute atomic E-state index is 0.949. The van der Waals surface area contributed by atoms with Crippen LogP contribution in [0.1, 0.15) is 5.56 Å². The van der Waals surface area contributed by atoms with Crippen molar-refractivity contribution >= 4 is 27.9 Å². The molecular weight excluding hydrogens is 472 g/mol. The van der Waals surface area contributed by atoms with Gasteiger partial charge in [-0.15, -0.1) is 0 Å². The van der Waals surface area contributed by atoms with Crippen LogP contribution in [-0.2, 0) is 0 Å². The van der Waals surface area contributed by atoms with Crippen LogP contribution >= 0.6 is 0 Å². The average molecular weight is 499 g/mol. The van der Waals surface area contributed by atoms with Gasteiger partial charge in [-0.1, -0.05) is 116 Å². The van der Waals surface area contributed by atoms with Gasteiger partial charge >= 0.3 is 0 Å². The van der Waals surface area contributed by atoms with Crippen molar-refractivity contribution in [3.8, 4) is 39.3 Å². The summed E-state index contributed by atoms with van der Waals surface area (Å²) in [6.07, 6.45) is 1.90. The largest absolute Gasteiger partial charge is 0.309 e. The number of hydrogen-bond donors (Lipinski definition) is 0. The van der Waals surface area contributed by atoms with E-state index in [4.69, 9.17) is 4.98 Å². The lowest BCUT2D eigenvalue weighted by atomic mass is 10.00. The molecule has 2 heterocycles. The van der Waals surface area contributed by atoms with Crippen LogP contribution in [0.15, 0.2) is 146 Å². The molecule has 5 aromatic carbocycles. The van der Waals surface area contributed by atoms with Crippen LogP contribution in [0.4, 0.5) is 0 Å². The van der Waals surface area contributed by atoms with Gasteiger partial charge in [0.1, 0.15) is 0 Å². The van der Waals surface area contributed by atoms with E-state index in [1.54, 1.807) is 0 Å². The highest BCUT2D eigenvalue weighted by molar-refractivity contribution is 6.09. The first-order valence-electron chi connectivity index (χ1n) is 13.2. The van der Waals surface area contributed by atoms with E-state index in [1.807, 2.05) is 12.1 Å². The SMILES string of the molecule is C=Cc1ccc2c3ccccc3n(-c3cccc(-c4cc(-c5ccccc5)cc(-c5ccccc5)n4)c3)c2c1. The van der Waals surface area contributed by atoms with E-state index < -0.39 is 0 Å². The van der Waals surface area contributed by atoms with Crippen LogP contribution in [-0.4, -0.2) is 9.55 Å². The van der Waals surface area contributed by atoms with Crippen molar-refractivity contribution in [2.24, 2.45) is 0 Å². The minimum atomic E-state index is 0.949. The molecule has 0 aliphatic heterocycles. The first kappa shape index (κ1) is 22.9. The molecule has 0 amide bonds. The molecule has 0 radical (unpaired) electrons. The summed E-state index contributed by atoms with van der Waals surface area (Å²) >= 11 is 0. The van der Waals surface area contributed by atoms with Gasteiger partial charge in [-0.25, -0.2) is 4.98 Å². The lowest BCUT2D eigenvalue weighted by molar-refractivity contribution is 1.18. The fraction of sp³-hybridized carbons (Fsp3) is 0. The molecule has 2 aromatic heterocycles. The van der Waals surface area contributed by atoms with Crippen molar-refractivity contribution in [3.05, 3.63) is 152 Å². The zero-order chi connectivity index (χ0) is 26.2. The maximum atomic E-state index is 5.15. The van der Waals surface area contributed by atoms with Gasteiger partial charge in [-0.3, -0.25) is 0 Å². The molecule has 0 N–H and O–H groups in total. The molecular formula is C37H26N2. The normalized spacial score (nSPS) is 11.2. The summed E-state index contributed by atoms with van der Waals surface area (Å²) in [5.41, 5.74) is 11.0. The Labute approximate surface area is 228 Å². The second-order valence-corrected chi connectivity index (χ2v) is 9.74. The average Bonchev–Trinajstić information content (AvgIpc) is 3.35. The van der Waals surface area contributed by atoms with Crippen molar-refractivity contribution in [1.82, 2.24) is 9.55 Å². The van der Waals surface area contributed by atoms with Crippen LogP contribution in [0.3, 0.4) is 0 Å². The molecule has 184 valence electrons. The maximum Gasteiger partial charge on any atom is 0.0716 e. The second-order valence-electron chi connectivity index (χ2n) is 9.74. The summed E-state index contributed by atoms with van der Waals surface area (Å²) in [5, 5.41) is 2.47. The predicted octanol–water partition coefficient (Wildman–Crippen LogP) is 9.82. The van der Waals surface area contributed by atoms with E-state index in [-0.39, 0.29) is 0 Å². The quantitative estimate of drug-likeness (QED) is 0.231. The van der Waals surface area contributed by atoms with E-state index in [2.05, 4.69) is 145 Å². The van der Waals surface area contributed by atoms with Crippen molar-refractivity contribution in [2.75, 3.05) is 0 Å². The molecule has 0 aliphatic rings. The lowest BCUT2D eigenvalue weighted by Crippen LogP contribution is -1.96. The second kappa shape index (κ2) is 9.59. The zero-order valence-corrected chi connectivity index (χ0v) is 21.5. The molecule has 0 spiro atoms. The van der Waals surface area contributed by atoms with E-state index in [0.717, 1.165) is 39.3 Å². The molecule has 0 unspecified atom stereocenters. The Balaban J connectivity index is 1.44. The molecule has 7 rings (SSSR count). The van der Waals surface area contributed by atoms with Crippen LogP contribution in [0.5, 0.6) is 0 Å². The minimum Gasteiger partial charge on any atom is -0.309 e. The van der Waals surface area contributed by atoms with Crippen LogP contribution < -0.4 is 0 Å². The molecule has 0 aliphatic carbocycles. The Kier molecular flexibility index (Phi) is 5.64. The van der Waals surface area contributed by atoms with Gasteiger partial charge in [0.05, 0.1) is 22.4 Å². The topological polar surface area (TPSA) is 17.8 Å². The highest BCUT2D eigenvalue weighted by Gasteiger charge is 2.14. The van der Waals surface area contributed by atoms with Gasteiger partial charge in [-0.2, -0.15) is 0 Å². The molecule has 0 atom stereocenters. The third-order valence-corrected chi connectivity index (χ3v) is 7.34. The Hall–Kier alpha value is -5.21. The number of rotatable bonds is 5. The molecule has 39 heavy (non-hydrogen) atoms. The smallest absolute Gasteiger partial charge is 0.0716 e. The van der Waals surface area contributed by atoms with Crippen LogP contribution in [0.25, 0.3) is 67.2 Å². The van der Waals surface area contributed by atoms with Gasteiger partial charge in [0.2, 0.25) is 0 Å². The number of hydrogen-bond acceptors (Lipinski definition) is 1. The zero-order valence-electron chi connectivity index (χ0n) is 21.5. The van der Waals surface area contributed by atoms with Gasteiger partial charge in [-0.05, 0) is 53.1 Å². The maximum absolute atomic E-state index is 5.15. The molecule has 0 bridgehead atoms. The van der Waals surface area contributed by atoms with Crippen molar-refractivity contribution in [2.45, 2.75) is 0 Å². The summed E-state index contributed by atoms with van der Waals surface area (Å²) in [6, 6.07) is 49.1. The van der Waals surface area contributed by atoms with Crippen LogP contribution in [0.2, 0.25) is 0 Å². The van der Waals surface area contributed by atoms with E-state index in [0.29, 0.717) is 0 Å². The molecule has 0 fully saturated rings. The van der Waals surface area contributed by atoms with Crippen molar-refractivity contribution < 1.29 is 0 Å². The van der Waals surface area contributed by atoms with E-state index in [9.17, 15) is 0 Å². The monoisotopic (exact) mass is 498 g/mol. The van der Waals surface area contributed by atoms with Gasteiger partial charge in [0, 0.05) is 27.6 Å². The Bertz CT molecular complexity index is 1910. The summed E-state index contributed by atoms with van der Waals surface area (Å²) in [4.78, 5) is 5.15. The third kappa shape index (κ3) is 4.13. The van der Waals surface area contributed by atoms with E-state index >= 15 is 0 Å². The van der Waals surface area contributed by atoms with Crippen LogP contribution in [0, 0.1) is 0 Å². The molecule has 0 saturated carbocycles. The number of aromatic nitrogens is 2. The van der Waals surface area contributed by atoms with Gasteiger partial charge in [0.25, 0.3) is 0 Å². The Morgan fingerprint density at radius 1 is 0.487 bits per heavy atom. The highest BCUT2D eigenvalue weighted by Crippen LogP contribution is 2.35. The number of benzene rings is 5. The fourth-order valence-corrected chi connectivity index (χ4v) is 5.43. The first-order valence-corrected chi connectivity index (χ1v) is 13.2. The third-order valence-electron chi connectivity index (χ3n) is 7.34. The molecule has 7 aromatic rings. The lowest BCUT2D eigenvalue weighted by Gasteiger charge is -2.13. The number of nitrogens with zero attached hydrogens (tertiary/aromatic N) is 2. The summed E-state index contributed by atoms with van der Waals surface area (Å²) in [7, 11) is 0. The molecule has 0 saturated heterocycles. The molecule has 2 nitrogen and oxygen atoms in total. The summed E-state index contributed by atoms with van der Waals surface area (Å²) in [6.45, 7) is 4.00. The fourth-order valence-electron chi connectivity index (χ4n) is 5.43. The van der Waals surface area contributed by atoms with Gasteiger partial charge in [0.15, 0.2) is 0 Å². The first-order chi connectivity index (χ1) is 19.3. The van der Waals surface area contributed by atoms with Crippen molar-refractivity contribution in [3.63, 3.8) is 0 Å². The summed E-state index contributed by atoms with van der Waals surface area (Å²) < 4.78 is 2.35. The van der Waals surface area contributed by atoms with E-state index in [1.165, 1.54) is 27.4 Å². The number of para-hydroxylation sites is 1. The standard InChI is InChI=1S/C37H26N2/c1-2-26-20-21-33-32-18-9-10-19-36(32)39(37(33)22-26)31-17-11-16-29(23-31)35-25-30(27-12-5-3-6-13-27)24-34(38-35)28-14-7-4-8-15-28/h2-25H,1H2. The number of pyridine rings is 1. The number of fused-ring (bicyclic) bond motifs is 3. The van der Waals surface area contributed by atoms with Crippen molar-refractivity contribution in [1.29, 1.82) is 0 Å². The Morgan fingerprint density at radius 2 is 1.13 bits per heavy atom. The highest BCUT2D eigenvalue weighted by atomic mass is 15.0. The predicted molar refractivity (Wildman–Crippen MR) is 165 cm³/mol.